The first-order valence-electron chi connectivity index (χ1n) is 6.69. The van der Waals surface area contributed by atoms with Crippen LogP contribution in [0.2, 0.25) is 10.0 Å². The van der Waals surface area contributed by atoms with Gasteiger partial charge in [-0.25, -0.2) is 9.97 Å². The van der Waals surface area contributed by atoms with E-state index in [0.29, 0.717) is 16.5 Å². The molecule has 2 heterocycles. The number of hydrogen-bond donors (Lipinski definition) is 1. The monoisotopic (exact) mass is 307 g/mol. The van der Waals surface area contributed by atoms with Gasteiger partial charge in [0.1, 0.15) is 5.82 Å². The highest BCUT2D eigenvalue weighted by Gasteiger charge is 2.18. The molecule has 0 saturated heterocycles. The highest BCUT2D eigenvalue weighted by molar-refractivity contribution is 6.35. The van der Waals surface area contributed by atoms with Crippen molar-refractivity contribution in [2.75, 3.05) is 0 Å². The third-order valence-corrected chi connectivity index (χ3v) is 4.10. The van der Waals surface area contributed by atoms with Crippen molar-refractivity contribution in [2.45, 2.75) is 32.9 Å². The quantitative estimate of drug-likeness (QED) is 0.942. The molecule has 5 heteroatoms. The van der Waals surface area contributed by atoms with Gasteiger partial charge in [0, 0.05) is 40.8 Å². The molecule has 0 amide bonds. The zero-order chi connectivity index (χ0) is 14.1. The van der Waals surface area contributed by atoms with E-state index in [1.807, 2.05) is 12.1 Å². The second-order valence-electron chi connectivity index (χ2n) is 4.88. The lowest BCUT2D eigenvalue weighted by atomic mass is 10.1. The van der Waals surface area contributed by atoms with Gasteiger partial charge in [0.2, 0.25) is 0 Å². The number of rotatable bonds is 3. The van der Waals surface area contributed by atoms with Crippen molar-refractivity contribution in [3.8, 4) is 0 Å². The first kappa shape index (κ1) is 13.8. The lowest BCUT2D eigenvalue weighted by Gasteiger charge is -2.09. The first-order valence-corrected chi connectivity index (χ1v) is 7.45. The van der Waals surface area contributed by atoms with Crippen LogP contribution in [0.25, 0.3) is 0 Å². The molecule has 0 bridgehead atoms. The largest absolute Gasteiger partial charge is 0.307 e. The summed E-state index contributed by atoms with van der Waals surface area (Å²) in [6.07, 6.45) is 1.56. The smallest absolute Gasteiger partial charge is 0.133 e. The van der Waals surface area contributed by atoms with Gasteiger partial charge < -0.3 is 5.32 Å². The third kappa shape index (κ3) is 2.66. The normalized spacial score (nSPS) is 13.6. The molecule has 3 nitrogen and oxygen atoms in total. The van der Waals surface area contributed by atoms with E-state index in [0.717, 1.165) is 42.3 Å². The molecule has 0 atom stereocenters. The number of hydrogen-bond acceptors (Lipinski definition) is 3. The summed E-state index contributed by atoms with van der Waals surface area (Å²) in [5.41, 5.74) is 4.53. The Kier molecular flexibility index (Phi) is 3.92. The second kappa shape index (κ2) is 5.68. The molecular weight excluding hydrogens is 293 g/mol. The Hall–Kier alpha value is -1.16. The Labute approximate surface area is 128 Å². The molecule has 1 aliphatic rings. The van der Waals surface area contributed by atoms with Crippen LogP contribution in [0, 0.1) is 0 Å². The first-order chi connectivity index (χ1) is 9.67. The molecule has 2 aromatic rings. The minimum atomic E-state index is 0.635. The van der Waals surface area contributed by atoms with Gasteiger partial charge in [-0.05, 0) is 24.1 Å². The summed E-state index contributed by atoms with van der Waals surface area (Å²) in [5, 5.41) is 4.64. The predicted octanol–water partition coefficient (Wildman–Crippen LogP) is 3.54. The van der Waals surface area contributed by atoms with Crippen LogP contribution >= 0.6 is 23.2 Å². The van der Waals surface area contributed by atoms with Crippen molar-refractivity contribution in [3.63, 3.8) is 0 Å². The number of nitrogens with one attached hydrogen (secondary N) is 1. The van der Waals surface area contributed by atoms with Gasteiger partial charge in [-0.1, -0.05) is 36.2 Å². The summed E-state index contributed by atoms with van der Waals surface area (Å²) in [6.45, 7) is 3.83. The SMILES string of the molecule is CCc1nc(Cc2ccc(Cl)cc2Cl)nc2c1CNC2. The van der Waals surface area contributed by atoms with Gasteiger partial charge >= 0.3 is 0 Å². The van der Waals surface area contributed by atoms with Crippen LogP contribution < -0.4 is 5.32 Å². The van der Waals surface area contributed by atoms with E-state index in [4.69, 9.17) is 23.2 Å². The van der Waals surface area contributed by atoms with Crippen molar-refractivity contribution in [3.05, 3.63) is 56.6 Å². The van der Waals surface area contributed by atoms with Crippen molar-refractivity contribution >= 4 is 23.2 Å². The number of halogens is 2. The van der Waals surface area contributed by atoms with Crippen LogP contribution in [-0.4, -0.2) is 9.97 Å². The molecule has 1 aromatic heterocycles. The van der Waals surface area contributed by atoms with Crippen molar-refractivity contribution < 1.29 is 0 Å². The van der Waals surface area contributed by atoms with E-state index < -0.39 is 0 Å². The Morgan fingerprint density at radius 2 is 2.05 bits per heavy atom. The van der Waals surface area contributed by atoms with Gasteiger partial charge in [0.25, 0.3) is 0 Å². The molecule has 20 heavy (non-hydrogen) atoms. The fourth-order valence-corrected chi connectivity index (χ4v) is 2.98. The molecule has 0 aliphatic carbocycles. The average molecular weight is 308 g/mol. The Morgan fingerprint density at radius 1 is 1.20 bits per heavy atom. The number of aryl methyl sites for hydroxylation is 1. The minimum absolute atomic E-state index is 0.635. The van der Waals surface area contributed by atoms with E-state index in [-0.39, 0.29) is 0 Å². The van der Waals surface area contributed by atoms with E-state index >= 15 is 0 Å². The second-order valence-corrected chi connectivity index (χ2v) is 5.73. The van der Waals surface area contributed by atoms with Gasteiger partial charge in [-0.2, -0.15) is 0 Å². The van der Waals surface area contributed by atoms with Crippen LogP contribution in [0.5, 0.6) is 0 Å². The van der Waals surface area contributed by atoms with Gasteiger partial charge in [0.15, 0.2) is 0 Å². The molecule has 0 fully saturated rings. The van der Waals surface area contributed by atoms with Crippen LogP contribution in [0.3, 0.4) is 0 Å². The molecular formula is C15H15Cl2N3. The molecule has 0 saturated carbocycles. The summed E-state index contributed by atoms with van der Waals surface area (Å²) in [4.78, 5) is 9.33. The van der Waals surface area contributed by atoms with Gasteiger partial charge in [-0.15, -0.1) is 0 Å². The maximum Gasteiger partial charge on any atom is 0.133 e. The van der Waals surface area contributed by atoms with Gasteiger partial charge in [0.05, 0.1) is 5.69 Å². The number of fused-ring (bicyclic) bond motifs is 1. The summed E-state index contributed by atoms with van der Waals surface area (Å²) < 4.78 is 0. The standard InChI is InChI=1S/C15H15Cl2N3/c1-2-13-11-7-18-8-14(11)20-15(19-13)5-9-3-4-10(16)6-12(9)17/h3-4,6,18H,2,5,7-8H2,1H3. The van der Waals surface area contributed by atoms with E-state index in [9.17, 15) is 0 Å². The molecule has 1 N–H and O–H groups in total. The van der Waals surface area contributed by atoms with E-state index in [1.54, 1.807) is 6.07 Å². The topological polar surface area (TPSA) is 37.8 Å². The number of benzene rings is 1. The third-order valence-electron chi connectivity index (χ3n) is 3.52. The lowest BCUT2D eigenvalue weighted by molar-refractivity contribution is 0.754. The molecule has 1 aliphatic heterocycles. The zero-order valence-electron chi connectivity index (χ0n) is 11.2. The Bertz CT molecular complexity index is 656. The lowest BCUT2D eigenvalue weighted by Crippen LogP contribution is -2.06. The van der Waals surface area contributed by atoms with Crippen molar-refractivity contribution in [2.24, 2.45) is 0 Å². The highest BCUT2D eigenvalue weighted by atomic mass is 35.5. The summed E-state index contributed by atoms with van der Waals surface area (Å²) in [7, 11) is 0. The van der Waals surface area contributed by atoms with E-state index in [1.165, 1.54) is 5.56 Å². The Morgan fingerprint density at radius 3 is 2.80 bits per heavy atom. The molecule has 104 valence electrons. The molecule has 0 unspecified atom stereocenters. The average Bonchev–Trinajstić information content (AvgIpc) is 2.89. The molecule has 0 radical (unpaired) electrons. The maximum absolute atomic E-state index is 6.22. The molecule has 0 spiro atoms. The minimum Gasteiger partial charge on any atom is -0.307 e. The predicted molar refractivity (Wildman–Crippen MR) is 81.2 cm³/mol. The number of nitrogens with zero attached hydrogens (tertiary/aromatic N) is 2. The molecule has 3 rings (SSSR count). The zero-order valence-corrected chi connectivity index (χ0v) is 12.7. The van der Waals surface area contributed by atoms with Crippen molar-refractivity contribution in [1.29, 1.82) is 0 Å². The van der Waals surface area contributed by atoms with Crippen LogP contribution in [0.1, 0.15) is 35.3 Å². The van der Waals surface area contributed by atoms with Crippen LogP contribution in [0.4, 0.5) is 0 Å². The van der Waals surface area contributed by atoms with Gasteiger partial charge in [-0.3, -0.25) is 0 Å². The summed E-state index contributed by atoms with van der Waals surface area (Å²) >= 11 is 12.1. The van der Waals surface area contributed by atoms with Crippen LogP contribution in [0.15, 0.2) is 18.2 Å². The fourth-order valence-electron chi connectivity index (χ4n) is 2.50. The maximum atomic E-state index is 6.22. The summed E-state index contributed by atoms with van der Waals surface area (Å²) in [5.74, 6) is 0.827. The van der Waals surface area contributed by atoms with E-state index in [2.05, 4.69) is 22.2 Å². The highest BCUT2D eigenvalue weighted by Crippen LogP contribution is 2.24. The number of aromatic nitrogens is 2. The van der Waals surface area contributed by atoms with Crippen molar-refractivity contribution in [1.82, 2.24) is 15.3 Å². The van der Waals surface area contributed by atoms with Crippen LogP contribution in [-0.2, 0) is 25.9 Å². The fraction of sp³-hybridized carbons (Fsp3) is 0.333. The summed E-state index contributed by atoms with van der Waals surface area (Å²) in [6, 6.07) is 5.54. The molecule has 1 aromatic carbocycles. The Balaban J connectivity index is 1.95.